The van der Waals surface area contributed by atoms with Gasteiger partial charge in [0, 0.05) is 18.4 Å². The van der Waals surface area contributed by atoms with Crippen molar-refractivity contribution in [3.05, 3.63) is 47.0 Å². The molecule has 7 heteroatoms. The van der Waals surface area contributed by atoms with E-state index in [1.165, 1.54) is 0 Å². The lowest BCUT2D eigenvalue weighted by atomic mass is 10.2. The van der Waals surface area contributed by atoms with Crippen molar-refractivity contribution in [2.24, 2.45) is 0 Å². The van der Waals surface area contributed by atoms with Crippen LogP contribution in [0.3, 0.4) is 0 Å². The lowest BCUT2D eigenvalue weighted by Crippen LogP contribution is -2.28. The monoisotopic (exact) mass is 325 g/mol. The van der Waals surface area contributed by atoms with E-state index in [4.69, 9.17) is 11.6 Å². The molecule has 0 radical (unpaired) electrons. The molecule has 1 aromatic carbocycles. The number of nitrogens with zero attached hydrogens (tertiary/aromatic N) is 2. The lowest BCUT2D eigenvalue weighted by Gasteiger charge is -2.15. The number of imidazole rings is 1. The second-order valence-corrected chi connectivity index (χ2v) is 7.40. The maximum absolute atomic E-state index is 12.6. The smallest absolute Gasteiger partial charge is 0.242 e. The average Bonchev–Trinajstić information content (AvgIpc) is 2.94. The van der Waals surface area contributed by atoms with E-state index in [-0.39, 0.29) is 22.0 Å². The molecule has 5 nitrogen and oxygen atoms in total. The number of aromatic nitrogens is 2. The van der Waals surface area contributed by atoms with Gasteiger partial charge in [-0.3, -0.25) is 0 Å². The Kier molecular flexibility index (Phi) is 3.55. The Morgan fingerprint density at radius 2 is 2.19 bits per heavy atom. The Bertz CT molecular complexity index is 765. The molecular formula is C14H16ClN3O2S. The number of fused-ring (bicyclic) bond motifs is 1. The van der Waals surface area contributed by atoms with Crippen molar-refractivity contribution in [3.8, 4) is 0 Å². The minimum absolute atomic E-state index is 0.143. The minimum atomic E-state index is -3.68. The summed E-state index contributed by atoms with van der Waals surface area (Å²) in [5.41, 5.74) is 0.629. The molecule has 1 aliphatic rings. The molecule has 2 atom stereocenters. The summed E-state index contributed by atoms with van der Waals surface area (Å²) in [6.07, 6.45) is 4.24. The maximum Gasteiger partial charge on any atom is 0.242 e. The Morgan fingerprint density at radius 3 is 2.90 bits per heavy atom. The summed E-state index contributed by atoms with van der Waals surface area (Å²) < 4.78 is 30.0. The summed E-state index contributed by atoms with van der Waals surface area (Å²) in [5.74, 6) is 0.746. The predicted molar refractivity (Wildman–Crippen MR) is 80.8 cm³/mol. The largest absolute Gasteiger partial charge is 0.331 e. The van der Waals surface area contributed by atoms with E-state index in [0.29, 0.717) is 12.0 Å². The van der Waals surface area contributed by atoms with Crippen LogP contribution >= 0.6 is 11.6 Å². The van der Waals surface area contributed by atoms with Crippen LogP contribution in [-0.2, 0) is 10.0 Å². The van der Waals surface area contributed by atoms with Crippen molar-refractivity contribution in [2.45, 2.75) is 37.2 Å². The van der Waals surface area contributed by atoms with E-state index >= 15 is 0 Å². The number of hydrogen-bond donors (Lipinski definition) is 1. The van der Waals surface area contributed by atoms with Crippen LogP contribution < -0.4 is 4.72 Å². The first-order valence-corrected chi connectivity index (χ1v) is 8.56. The summed E-state index contributed by atoms with van der Waals surface area (Å²) in [4.78, 5) is 4.40. The maximum atomic E-state index is 12.6. The van der Waals surface area contributed by atoms with Crippen molar-refractivity contribution >= 4 is 21.6 Å². The standard InChI is InChI=1S/C14H16ClN3O2S/c1-9-4-3-5-11(15)13(9)21(19,20)17-12-8-10(2)18-7-6-16-14(12)18/h3-7,10,12,17H,8H2,1-2H3. The quantitative estimate of drug-likeness (QED) is 0.943. The summed E-state index contributed by atoms with van der Waals surface area (Å²) >= 11 is 6.07. The molecule has 0 bridgehead atoms. The molecule has 0 spiro atoms. The van der Waals surface area contributed by atoms with E-state index in [2.05, 4.69) is 9.71 Å². The first-order chi connectivity index (χ1) is 9.90. The van der Waals surface area contributed by atoms with Gasteiger partial charge >= 0.3 is 0 Å². The Hall–Kier alpha value is -1.37. The summed E-state index contributed by atoms with van der Waals surface area (Å²) in [7, 11) is -3.68. The Balaban J connectivity index is 1.96. The van der Waals surface area contributed by atoms with Gasteiger partial charge in [-0.05, 0) is 31.9 Å². The van der Waals surface area contributed by atoms with E-state index in [0.717, 1.165) is 5.82 Å². The molecule has 2 unspecified atom stereocenters. The van der Waals surface area contributed by atoms with Crippen molar-refractivity contribution in [1.82, 2.24) is 14.3 Å². The third-order valence-corrected chi connectivity index (χ3v) is 5.89. The molecule has 0 saturated heterocycles. The SMILES string of the molecule is Cc1cccc(Cl)c1S(=O)(=O)NC1CC(C)n2ccnc21. The van der Waals surface area contributed by atoms with Crippen LogP contribution in [0.1, 0.15) is 36.8 Å². The first-order valence-electron chi connectivity index (χ1n) is 6.70. The third-order valence-electron chi connectivity index (χ3n) is 3.79. The van der Waals surface area contributed by atoms with Gasteiger partial charge in [0.25, 0.3) is 0 Å². The van der Waals surface area contributed by atoms with E-state index in [1.54, 1.807) is 31.3 Å². The normalized spacial score (nSPS) is 21.5. The van der Waals surface area contributed by atoms with Crippen LogP contribution in [0, 0.1) is 6.92 Å². The van der Waals surface area contributed by atoms with Gasteiger partial charge in [0.15, 0.2) is 0 Å². The molecule has 1 N–H and O–H groups in total. The molecule has 3 rings (SSSR count). The van der Waals surface area contributed by atoms with Gasteiger partial charge in [-0.25, -0.2) is 18.1 Å². The minimum Gasteiger partial charge on any atom is -0.331 e. The number of halogens is 1. The molecule has 1 aromatic heterocycles. The second kappa shape index (κ2) is 5.12. The van der Waals surface area contributed by atoms with E-state index in [1.807, 2.05) is 17.7 Å². The topological polar surface area (TPSA) is 64.0 Å². The molecular weight excluding hydrogens is 310 g/mol. The lowest BCUT2D eigenvalue weighted by molar-refractivity contribution is 0.518. The zero-order valence-electron chi connectivity index (χ0n) is 11.7. The van der Waals surface area contributed by atoms with Gasteiger partial charge in [-0.2, -0.15) is 0 Å². The number of sulfonamides is 1. The molecule has 2 aromatic rings. The number of rotatable bonds is 3. The van der Waals surface area contributed by atoms with E-state index < -0.39 is 10.0 Å². The number of hydrogen-bond acceptors (Lipinski definition) is 3. The highest BCUT2D eigenvalue weighted by Gasteiger charge is 2.33. The van der Waals surface area contributed by atoms with Crippen molar-refractivity contribution in [3.63, 3.8) is 0 Å². The Morgan fingerprint density at radius 1 is 1.43 bits per heavy atom. The van der Waals surface area contributed by atoms with Crippen molar-refractivity contribution < 1.29 is 8.42 Å². The van der Waals surface area contributed by atoms with Crippen LogP contribution in [0.2, 0.25) is 5.02 Å². The van der Waals surface area contributed by atoms with Gasteiger partial charge in [0.05, 0.1) is 11.1 Å². The fourth-order valence-electron chi connectivity index (χ4n) is 2.83. The van der Waals surface area contributed by atoms with Gasteiger partial charge in [0.1, 0.15) is 10.7 Å². The van der Waals surface area contributed by atoms with Crippen LogP contribution in [0.15, 0.2) is 35.5 Å². The van der Waals surface area contributed by atoms with Crippen LogP contribution in [-0.4, -0.2) is 18.0 Å². The highest BCUT2D eigenvalue weighted by atomic mass is 35.5. The van der Waals surface area contributed by atoms with Crippen LogP contribution in [0.4, 0.5) is 0 Å². The third kappa shape index (κ3) is 2.47. The average molecular weight is 326 g/mol. The van der Waals surface area contributed by atoms with Crippen LogP contribution in [0.5, 0.6) is 0 Å². The molecule has 1 aliphatic heterocycles. The number of nitrogens with one attached hydrogen (secondary N) is 1. The Labute approximate surface area is 129 Å². The fourth-order valence-corrected chi connectivity index (χ4v) is 4.87. The molecule has 0 fully saturated rings. The van der Waals surface area contributed by atoms with E-state index in [9.17, 15) is 8.42 Å². The summed E-state index contributed by atoms with van der Waals surface area (Å²) in [6, 6.07) is 4.96. The molecule has 0 aliphatic carbocycles. The zero-order valence-corrected chi connectivity index (χ0v) is 13.3. The van der Waals surface area contributed by atoms with Crippen molar-refractivity contribution in [2.75, 3.05) is 0 Å². The predicted octanol–water partition coefficient (Wildman–Crippen LogP) is 2.83. The molecule has 21 heavy (non-hydrogen) atoms. The zero-order chi connectivity index (χ0) is 15.2. The van der Waals surface area contributed by atoms with Crippen molar-refractivity contribution in [1.29, 1.82) is 0 Å². The summed E-state index contributed by atoms with van der Waals surface area (Å²) in [6.45, 7) is 3.78. The second-order valence-electron chi connectivity index (χ2n) is 5.34. The molecule has 0 amide bonds. The van der Waals surface area contributed by atoms with Gasteiger partial charge < -0.3 is 4.57 Å². The summed E-state index contributed by atoms with van der Waals surface area (Å²) in [5, 5.41) is 0.233. The van der Waals surface area contributed by atoms with Crippen LogP contribution in [0.25, 0.3) is 0 Å². The van der Waals surface area contributed by atoms with Gasteiger partial charge in [0.2, 0.25) is 10.0 Å². The first kappa shape index (κ1) is 14.6. The molecule has 112 valence electrons. The molecule has 0 saturated carbocycles. The number of aryl methyl sites for hydroxylation is 1. The van der Waals surface area contributed by atoms with Gasteiger partial charge in [-0.1, -0.05) is 23.7 Å². The molecule has 2 heterocycles. The van der Waals surface area contributed by atoms with Gasteiger partial charge in [-0.15, -0.1) is 0 Å². The highest BCUT2D eigenvalue weighted by Crippen LogP contribution is 2.34. The number of benzene rings is 1. The highest BCUT2D eigenvalue weighted by molar-refractivity contribution is 7.89. The fraction of sp³-hybridized carbons (Fsp3) is 0.357.